The fourth-order valence-electron chi connectivity index (χ4n) is 2.65. The van der Waals surface area contributed by atoms with E-state index in [1.807, 2.05) is 11.6 Å². The average Bonchev–Trinajstić information content (AvgIpc) is 3.08. The Morgan fingerprint density at radius 2 is 1.92 bits per heavy atom. The maximum atomic E-state index is 11.5. The normalized spacial score (nSPS) is 11.5. The molecule has 0 aliphatic carbocycles. The van der Waals surface area contributed by atoms with Crippen molar-refractivity contribution in [1.29, 1.82) is 0 Å². The van der Waals surface area contributed by atoms with Crippen molar-refractivity contribution in [2.75, 3.05) is 11.4 Å². The summed E-state index contributed by atoms with van der Waals surface area (Å²) in [6, 6.07) is 1.64. The lowest BCUT2D eigenvalue weighted by Gasteiger charge is -2.34. The minimum absolute atomic E-state index is 0.120. The number of amides is 1. The van der Waals surface area contributed by atoms with Gasteiger partial charge in [-0.2, -0.15) is 5.10 Å². The van der Waals surface area contributed by atoms with Crippen LogP contribution in [0.2, 0.25) is 0 Å². The van der Waals surface area contributed by atoms with E-state index < -0.39 is 5.91 Å². The third kappa shape index (κ3) is 4.52. The molecule has 0 fully saturated rings. The fraction of sp³-hybridized carbons (Fsp3) is 0.588. The molecular weight excluding hydrogens is 318 g/mol. The summed E-state index contributed by atoms with van der Waals surface area (Å²) in [7, 11) is 0. The Hall–Kier alpha value is -2.51. The van der Waals surface area contributed by atoms with E-state index in [-0.39, 0.29) is 11.1 Å². The van der Waals surface area contributed by atoms with Gasteiger partial charge in [-0.05, 0) is 25.2 Å². The van der Waals surface area contributed by atoms with Crippen LogP contribution in [0.25, 0.3) is 0 Å². The molecule has 8 nitrogen and oxygen atoms in total. The summed E-state index contributed by atoms with van der Waals surface area (Å²) in [5.74, 6) is 0.966. The fourth-order valence-corrected chi connectivity index (χ4v) is 2.65. The highest BCUT2D eigenvalue weighted by Crippen LogP contribution is 2.29. The van der Waals surface area contributed by atoms with Gasteiger partial charge in [0.05, 0.1) is 6.54 Å². The number of carbonyl (C=O) groups excluding carboxylic acids is 1. The van der Waals surface area contributed by atoms with E-state index in [9.17, 15) is 4.79 Å². The van der Waals surface area contributed by atoms with Crippen LogP contribution in [-0.2, 0) is 13.1 Å². The van der Waals surface area contributed by atoms with Crippen molar-refractivity contribution < 1.29 is 4.79 Å². The molecule has 0 bridgehead atoms. The topological polar surface area (TPSA) is 103 Å². The number of nitrogens with zero attached hydrogens (tertiary/aromatic N) is 6. The molecule has 2 aromatic rings. The molecule has 0 aliphatic heterocycles. The second-order valence-electron chi connectivity index (χ2n) is 6.49. The van der Waals surface area contributed by atoms with E-state index in [1.165, 1.54) is 6.33 Å². The molecule has 0 atom stereocenters. The standard InChI is InChI=1S/C17H27N7O/c1-5-17(4,6-2)10-23(9-15-21-12-22-24(15)7-3)14-8-13(16(18)25)19-11-20-14/h8,11-12H,5-7,9-10H2,1-4H3,(H2,18,25). The lowest BCUT2D eigenvalue weighted by atomic mass is 9.84. The first-order valence-corrected chi connectivity index (χ1v) is 8.66. The second-order valence-corrected chi connectivity index (χ2v) is 6.49. The molecule has 1 amide bonds. The van der Waals surface area contributed by atoms with Crippen LogP contribution in [0.15, 0.2) is 18.7 Å². The highest BCUT2D eigenvalue weighted by Gasteiger charge is 2.26. The monoisotopic (exact) mass is 345 g/mol. The summed E-state index contributed by atoms with van der Waals surface area (Å²) in [4.78, 5) is 26.3. The maximum absolute atomic E-state index is 11.5. The summed E-state index contributed by atoms with van der Waals surface area (Å²) < 4.78 is 1.86. The zero-order chi connectivity index (χ0) is 18.4. The number of hydrogen-bond donors (Lipinski definition) is 1. The Labute approximate surface area is 148 Å². The van der Waals surface area contributed by atoms with Gasteiger partial charge in [0.1, 0.15) is 30.0 Å². The number of primary amides is 1. The van der Waals surface area contributed by atoms with Crippen LogP contribution in [0.5, 0.6) is 0 Å². The van der Waals surface area contributed by atoms with Crippen LogP contribution in [0, 0.1) is 5.41 Å². The van der Waals surface area contributed by atoms with Gasteiger partial charge in [-0.25, -0.2) is 19.6 Å². The first kappa shape index (κ1) is 18.8. The van der Waals surface area contributed by atoms with Crippen LogP contribution in [0.1, 0.15) is 56.8 Å². The predicted octanol–water partition coefficient (Wildman–Crippen LogP) is 2.02. The molecule has 0 unspecified atom stereocenters. The minimum atomic E-state index is -0.561. The lowest BCUT2D eigenvalue weighted by Crippen LogP contribution is -2.36. The molecule has 0 saturated heterocycles. The molecule has 2 N–H and O–H groups in total. The molecule has 2 rings (SSSR count). The van der Waals surface area contributed by atoms with Gasteiger partial charge in [0, 0.05) is 19.2 Å². The van der Waals surface area contributed by atoms with Crippen molar-refractivity contribution >= 4 is 11.7 Å². The molecule has 0 spiro atoms. The van der Waals surface area contributed by atoms with Crippen molar-refractivity contribution in [1.82, 2.24) is 24.7 Å². The Kier molecular flexibility index (Phi) is 6.06. The molecular formula is C17H27N7O. The number of rotatable bonds is 9. The van der Waals surface area contributed by atoms with Crippen LogP contribution in [0.3, 0.4) is 0 Å². The first-order chi connectivity index (χ1) is 11.9. The highest BCUT2D eigenvalue weighted by atomic mass is 16.1. The summed E-state index contributed by atoms with van der Waals surface area (Å²) in [5.41, 5.74) is 5.70. The molecule has 25 heavy (non-hydrogen) atoms. The zero-order valence-corrected chi connectivity index (χ0v) is 15.4. The predicted molar refractivity (Wildman–Crippen MR) is 96.0 cm³/mol. The molecule has 0 aliphatic rings. The Bertz CT molecular complexity index is 709. The molecule has 8 heteroatoms. The largest absolute Gasteiger partial charge is 0.364 e. The van der Waals surface area contributed by atoms with Crippen LogP contribution in [-0.4, -0.2) is 37.2 Å². The number of aryl methyl sites for hydroxylation is 1. The number of carbonyl (C=O) groups is 1. The van der Waals surface area contributed by atoms with Crippen molar-refractivity contribution in [3.05, 3.63) is 30.2 Å². The van der Waals surface area contributed by atoms with Gasteiger partial charge in [0.2, 0.25) is 0 Å². The van der Waals surface area contributed by atoms with E-state index in [1.54, 1.807) is 12.4 Å². The Morgan fingerprint density at radius 3 is 2.52 bits per heavy atom. The van der Waals surface area contributed by atoms with Gasteiger partial charge in [-0.1, -0.05) is 20.8 Å². The summed E-state index contributed by atoms with van der Waals surface area (Å²) in [5, 5.41) is 4.24. The van der Waals surface area contributed by atoms with Crippen molar-refractivity contribution in [3.8, 4) is 0 Å². The minimum Gasteiger partial charge on any atom is -0.364 e. The van der Waals surface area contributed by atoms with Crippen LogP contribution < -0.4 is 10.6 Å². The summed E-state index contributed by atoms with van der Waals surface area (Å²) in [6.45, 7) is 10.7. The quantitative estimate of drug-likeness (QED) is 0.746. The molecule has 2 heterocycles. The van der Waals surface area contributed by atoms with Crippen LogP contribution >= 0.6 is 0 Å². The van der Waals surface area contributed by atoms with E-state index in [2.05, 4.69) is 45.7 Å². The van der Waals surface area contributed by atoms with E-state index in [0.717, 1.165) is 31.8 Å². The highest BCUT2D eigenvalue weighted by molar-refractivity contribution is 5.91. The average molecular weight is 345 g/mol. The SMILES string of the molecule is CCn1ncnc1CN(CC(C)(CC)CC)c1cc(C(N)=O)ncn1. The van der Waals surface area contributed by atoms with E-state index >= 15 is 0 Å². The number of aromatic nitrogens is 5. The van der Waals surface area contributed by atoms with Gasteiger partial charge < -0.3 is 10.6 Å². The smallest absolute Gasteiger partial charge is 0.267 e. The zero-order valence-electron chi connectivity index (χ0n) is 15.4. The van der Waals surface area contributed by atoms with Gasteiger partial charge in [0.15, 0.2) is 0 Å². The third-order valence-corrected chi connectivity index (χ3v) is 4.84. The van der Waals surface area contributed by atoms with Crippen molar-refractivity contribution in [2.45, 2.75) is 53.6 Å². The van der Waals surface area contributed by atoms with Crippen molar-refractivity contribution in [3.63, 3.8) is 0 Å². The maximum Gasteiger partial charge on any atom is 0.267 e. The third-order valence-electron chi connectivity index (χ3n) is 4.84. The van der Waals surface area contributed by atoms with E-state index in [4.69, 9.17) is 5.73 Å². The summed E-state index contributed by atoms with van der Waals surface area (Å²) in [6.07, 6.45) is 5.01. The first-order valence-electron chi connectivity index (χ1n) is 8.66. The molecule has 0 radical (unpaired) electrons. The van der Waals surface area contributed by atoms with Gasteiger partial charge in [0.25, 0.3) is 5.91 Å². The second kappa shape index (κ2) is 8.04. The van der Waals surface area contributed by atoms with Gasteiger partial charge in [-0.3, -0.25) is 4.79 Å². The number of anilines is 1. The Morgan fingerprint density at radius 1 is 1.20 bits per heavy atom. The number of nitrogens with two attached hydrogens (primary N) is 1. The van der Waals surface area contributed by atoms with E-state index in [0.29, 0.717) is 12.4 Å². The molecule has 0 saturated carbocycles. The lowest BCUT2D eigenvalue weighted by molar-refractivity contribution is 0.0995. The molecule has 0 aromatic carbocycles. The Balaban J connectivity index is 2.38. The van der Waals surface area contributed by atoms with Crippen LogP contribution in [0.4, 0.5) is 5.82 Å². The molecule has 2 aromatic heterocycles. The van der Waals surface area contributed by atoms with Gasteiger partial charge >= 0.3 is 0 Å². The number of hydrogen-bond acceptors (Lipinski definition) is 6. The van der Waals surface area contributed by atoms with Crippen molar-refractivity contribution in [2.24, 2.45) is 11.1 Å². The molecule has 136 valence electrons. The van der Waals surface area contributed by atoms with Gasteiger partial charge in [-0.15, -0.1) is 0 Å². The summed E-state index contributed by atoms with van der Waals surface area (Å²) >= 11 is 0.